The van der Waals surface area contributed by atoms with Crippen LogP contribution in [0.2, 0.25) is 0 Å². The van der Waals surface area contributed by atoms with Gasteiger partial charge in [-0.05, 0) is 49.8 Å². The predicted octanol–water partition coefficient (Wildman–Crippen LogP) is 4.12. The van der Waals surface area contributed by atoms with Crippen LogP contribution >= 0.6 is 0 Å². The molecule has 2 heteroatoms. The standard InChI is InChI=1S/C18H30N2/c1-5-10-19-13-16-12-15(2)7-8-17(16)20-11-6-9-18(3,4)14-20/h7-8,12,19H,5-6,9-11,13-14H2,1-4H3. The van der Waals surface area contributed by atoms with Gasteiger partial charge >= 0.3 is 0 Å². The third kappa shape index (κ3) is 3.99. The quantitative estimate of drug-likeness (QED) is 0.813. The molecule has 0 amide bonds. The van der Waals surface area contributed by atoms with Gasteiger partial charge in [0.1, 0.15) is 0 Å². The molecule has 1 saturated heterocycles. The molecule has 0 unspecified atom stereocenters. The van der Waals surface area contributed by atoms with Crippen molar-refractivity contribution in [3.8, 4) is 0 Å². The molecule has 0 saturated carbocycles. The molecular weight excluding hydrogens is 244 g/mol. The highest BCUT2D eigenvalue weighted by Crippen LogP contribution is 2.33. The van der Waals surface area contributed by atoms with E-state index in [1.54, 1.807) is 0 Å². The average molecular weight is 274 g/mol. The average Bonchev–Trinajstić information content (AvgIpc) is 2.38. The molecule has 1 aliphatic heterocycles. The monoisotopic (exact) mass is 274 g/mol. The number of hydrogen-bond donors (Lipinski definition) is 1. The summed E-state index contributed by atoms with van der Waals surface area (Å²) >= 11 is 0. The van der Waals surface area contributed by atoms with Gasteiger partial charge < -0.3 is 10.2 Å². The number of anilines is 1. The van der Waals surface area contributed by atoms with Crippen LogP contribution in [0.5, 0.6) is 0 Å². The number of rotatable bonds is 5. The number of hydrogen-bond acceptors (Lipinski definition) is 2. The van der Waals surface area contributed by atoms with Gasteiger partial charge in [-0.2, -0.15) is 0 Å². The Hall–Kier alpha value is -1.02. The van der Waals surface area contributed by atoms with Crippen LogP contribution in [0.15, 0.2) is 18.2 Å². The van der Waals surface area contributed by atoms with Crippen LogP contribution in [0.25, 0.3) is 0 Å². The van der Waals surface area contributed by atoms with E-state index in [4.69, 9.17) is 0 Å². The van der Waals surface area contributed by atoms with Crippen LogP contribution in [-0.4, -0.2) is 19.6 Å². The van der Waals surface area contributed by atoms with Crippen LogP contribution in [0.1, 0.15) is 51.2 Å². The summed E-state index contributed by atoms with van der Waals surface area (Å²) in [5.74, 6) is 0. The van der Waals surface area contributed by atoms with Crippen molar-refractivity contribution >= 4 is 5.69 Å². The molecular formula is C18H30N2. The minimum atomic E-state index is 0.442. The lowest BCUT2D eigenvalue weighted by atomic mass is 9.84. The first-order chi connectivity index (χ1) is 9.52. The smallest absolute Gasteiger partial charge is 0.0412 e. The molecule has 1 N–H and O–H groups in total. The lowest BCUT2D eigenvalue weighted by Gasteiger charge is -2.40. The SMILES string of the molecule is CCCNCc1cc(C)ccc1N1CCCC(C)(C)C1. The fourth-order valence-corrected chi connectivity index (χ4v) is 3.19. The van der Waals surface area contributed by atoms with Gasteiger partial charge in [0.05, 0.1) is 0 Å². The Bertz CT molecular complexity index is 437. The second kappa shape index (κ2) is 6.62. The molecule has 112 valence electrons. The van der Waals surface area contributed by atoms with E-state index < -0.39 is 0 Å². The zero-order valence-electron chi connectivity index (χ0n) is 13.6. The molecule has 1 heterocycles. The maximum atomic E-state index is 3.55. The maximum Gasteiger partial charge on any atom is 0.0412 e. The molecule has 0 radical (unpaired) electrons. The fourth-order valence-electron chi connectivity index (χ4n) is 3.19. The first-order valence-electron chi connectivity index (χ1n) is 8.07. The second-order valence-electron chi connectivity index (χ2n) is 7.00. The van der Waals surface area contributed by atoms with E-state index in [-0.39, 0.29) is 0 Å². The Morgan fingerprint density at radius 3 is 2.80 bits per heavy atom. The lowest BCUT2D eigenvalue weighted by molar-refractivity contribution is 0.293. The maximum absolute atomic E-state index is 3.55. The van der Waals surface area contributed by atoms with E-state index in [1.807, 2.05) is 0 Å². The van der Waals surface area contributed by atoms with Crippen LogP contribution in [-0.2, 0) is 6.54 Å². The minimum absolute atomic E-state index is 0.442. The number of benzene rings is 1. The molecule has 0 aliphatic carbocycles. The molecule has 0 spiro atoms. The van der Waals surface area contributed by atoms with Crippen LogP contribution < -0.4 is 10.2 Å². The summed E-state index contributed by atoms with van der Waals surface area (Å²) in [6.45, 7) is 13.7. The molecule has 0 aromatic heterocycles. The van der Waals surface area contributed by atoms with Crippen molar-refractivity contribution in [2.24, 2.45) is 5.41 Å². The lowest BCUT2D eigenvalue weighted by Crippen LogP contribution is -2.40. The molecule has 1 fully saturated rings. The predicted molar refractivity (Wildman–Crippen MR) is 88.4 cm³/mol. The number of nitrogens with one attached hydrogen (secondary N) is 1. The van der Waals surface area contributed by atoms with Gasteiger partial charge in [0.15, 0.2) is 0 Å². The van der Waals surface area contributed by atoms with Crippen molar-refractivity contribution in [3.05, 3.63) is 29.3 Å². The van der Waals surface area contributed by atoms with Crippen molar-refractivity contribution in [3.63, 3.8) is 0 Å². The van der Waals surface area contributed by atoms with Crippen molar-refractivity contribution in [2.45, 2.75) is 53.5 Å². The topological polar surface area (TPSA) is 15.3 Å². The Morgan fingerprint density at radius 2 is 2.10 bits per heavy atom. The van der Waals surface area contributed by atoms with Crippen molar-refractivity contribution < 1.29 is 0 Å². The van der Waals surface area contributed by atoms with Crippen molar-refractivity contribution in [1.29, 1.82) is 0 Å². The zero-order chi connectivity index (χ0) is 14.6. The van der Waals surface area contributed by atoms with Gasteiger partial charge in [-0.1, -0.05) is 38.5 Å². The zero-order valence-corrected chi connectivity index (χ0v) is 13.6. The van der Waals surface area contributed by atoms with E-state index in [9.17, 15) is 0 Å². The second-order valence-corrected chi connectivity index (χ2v) is 7.00. The third-order valence-corrected chi connectivity index (χ3v) is 4.22. The van der Waals surface area contributed by atoms with E-state index in [2.05, 4.69) is 56.1 Å². The van der Waals surface area contributed by atoms with E-state index in [1.165, 1.54) is 49.2 Å². The van der Waals surface area contributed by atoms with Crippen LogP contribution in [0.3, 0.4) is 0 Å². The fraction of sp³-hybridized carbons (Fsp3) is 0.667. The number of piperidine rings is 1. The van der Waals surface area contributed by atoms with E-state index in [0.29, 0.717) is 5.41 Å². The Labute approximate surface area is 124 Å². The van der Waals surface area contributed by atoms with E-state index in [0.717, 1.165) is 13.1 Å². The number of aryl methyl sites for hydroxylation is 1. The highest BCUT2D eigenvalue weighted by Gasteiger charge is 2.27. The first-order valence-corrected chi connectivity index (χ1v) is 8.07. The van der Waals surface area contributed by atoms with E-state index >= 15 is 0 Å². The molecule has 20 heavy (non-hydrogen) atoms. The molecule has 2 nitrogen and oxygen atoms in total. The first kappa shape index (κ1) is 15.4. The third-order valence-electron chi connectivity index (χ3n) is 4.22. The van der Waals surface area contributed by atoms with Crippen LogP contribution in [0.4, 0.5) is 5.69 Å². The minimum Gasteiger partial charge on any atom is -0.371 e. The molecule has 1 aromatic carbocycles. The van der Waals surface area contributed by atoms with Gasteiger partial charge in [-0.15, -0.1) is 0 Å². The highest BCUT2D eigenvalue weighted by molar-refractivity contribution is 5.55. The van der Waals surface area contributed by atoms with Crippen molar-refractivity contribution in [1.82, 2.24) is 5.32 Å². The summed E-state index contributed by atoms with van der Waals surface area (Å²) in [4.78, 5) is 2.59. The summed E-state index contributed by atoms with van der Waals surface area (Å²) in [6, 6.07) is 6.92. The number of nitrogens with zero attached hydrogens (tertiary/aromatic N) is 1. The van der Waals surface area contributed by atoms with Gasteiger partial charge in [-0.25, -0.2) is 0 Å². The summed E-state index contributed by atoms with van der Waals surface area (Å²) in [5, 5.41) is 3.55. The largest absolute Gasteiger partial charge is 0.371 e. The molecule has 2 rings (SSSR count). The van der Waals surface area contributed by atoms with Gasteiger partial charge in [0, 0.05) is 25.3 Å². The molecule has 1 aliphatic rings. The van der Waals surface area contributed by atoms with Crippen molar-refractivity contribution in [2.75, 3.05) is 24.5 Å². The Morgan fingerprint density at radius 1 is 1.30 bits per heavy atom. The van der Waals surface area contributed by atoms with Gasteiger partial charge in [-0.3, -0.25) is 0 Å². The summed E-state index contributed by atoms with van der Waals surface area (Å²) < 4.78 is 0. The van der Waals surface area contributed by atoms with Gasteiger partial charge in [0.25, 0.3) is 0 Å². The summed E-state index contributed by atoms with van der Waals surface area (Å²) in [7, 11) is 0. The van der Waals surface area contributed by atoms with Gasteiger partial charge in [0.2, 0.25) is 0 Å². The summed E-state index contributed by atoms with van der Waals surface area (Å²) in [6.07, 6.45) is 3.85. The molecule has 0 atom stereocenters. The molecule has 0 bridgehead atoms. The highest BCUT2D eigenvalue weighted by atomic mass is 15.1. The molecule has 1 aromatic rings. The Balaban J connectivity index is 2.17. The normalized spacial score (nSPS) is 18.3. The van der Waals surface area contributed by atoms with Crippen LogP contribution in [0, 0.1) is 12.3 Å². The Kier molecular flexibility index (Phi) is 5.09. The summed E-state index contributed by atoms with van der Waals surface area (Å²) in [5.41, 5.74) is 4.69.